The zero-order valence-electron chi connectivity index (χ0n) is 20.6. The summed E-state index contributed by atoms with van der Waals surface area (Å²) in [7, 11) is 1.62. The Hall–Kier alpha value is -4.17. The number of carbonyl (C=O) groups excluding carboxylic acids is 2. The van der Waals surface area contributed by atoms with E-state index >= 15 is 0 Å². The van der Waals surface area contributed by atoms with Crippen LogP contribution >= 0.6 is 0 Å². The van der Waals surface area contributed by atoms with E-state index in [-0.39, 0.29) is 35.3 Å². The van der Waals surface area contributed by atoms with Crippen molar-refractivity contribution >= 4 is 28.7 Å². The van der Waals surface area contributed by atoms with E-state index in [1.54, 1.807) is 31.0 Å². The van der Waals surface area contributed by atoms with Crippen molar-refractivity contribution in [1.82, 2.24) is 24.2 Å². The molecule has 2 aliphatic rings. The fraction of sp³-hybridized carbons (Fsp3) is 0.385. The summed E-state index contributed by atoms with van der Waals surface area (Å²) in [6.45, 7) is 5.40. The van der Waals surface area contributed by atoms with Crippen LogP contribution in [0, 0.1) is 17.7 Å². The molecule has 1 saturated carbocycles. The van der Waals surface area contributed by atoms with Crippen LogP contribution < -0.4 is 11.1 Å². The number of aliphatic hydroxyl groups excluding tert-OH is 1. The van der Waals surface area contributed by atoms with Gasteiger partial charge in [-0.05, 0) is 44.2 Å². The molecule has 3 aromatic rings. The van der Waals surface area contributed by atoms with Crippen molar-refractivity contribution in [3.05, 3.63) is 53.8 Å². The second kappa shape index (κ2) is 9.37. The Morgan fingerprint density at radius 1 is 1.32 bits per heavy atom. The summed E-state index contributed by atoms with van der Waals surface area (Å²) in [4.78, 5) is 30.7. The molecule has 0 radical (unpaired) electrons. The first-order valence-corrected chi connectivity index (χ1v) is 12.1. The SMILES string of the molecule is C=CC(=O)N1C[C@@H](n2nc(C#Cc3cc4ncn(C5CC5)c4cc3F)c(C(N)=O)c2NC)C[C@@H]1[C@@H](C)O. The molecular formula is C26H28FN7O3. The lowest BCUT2D eigenvalue weighted by molar-refractivity contribution is -0.128. The maximum absolute atomic E-state index is 14.9. The van der Waals surface area contributed by atoms with Crippen molar-refractivity contribution in [3.8, 4) is 11.8 Å². The number of aliphatic hydroxyl groups is 1. The Balaban J connectivity index is 1.53. The van der Waals surface area contributed by atoms with E-state index in [0.717, 1.165) is 18.4 Å². The number of rotatable bonds is 6. The molecule has 0 bridgehead atoms. The van der Waals surface area contributed by atoms with E-state index in [1.165, 1.54) is 17.0 Å². The van der Waals surface area contributed by atoms with Crippen molar-refractivity contribution in [3.63, 3.8) is 0 Å². The third-order valence-corrected chi connectivity index (χ3v) is 6.99. The number of aromatic nitrogens is 4. The van der Waals surface area contributed by atoms with Gasteiger partial charge in [0.1, 0.15) is 17.2 Å². The molecule has 1 aliphatic heterocycles. The highest BCUT2D eigenvalue weighted by Gasteiger charge is 2.40. The lowest BCUT2D eigenvalue weighted by Gasteiger charge is -2.25. The summed E-state index contributed by atoms with van der Waals surface area (Å²) in [6.07, 6.45) is 4.64. The van der Waals surface area contributed by atoms with Gasteiger partial charge < -0.3 is 25.6 Å². The van der Waals surface area contributed by atoms with Crippen LogP contribution in [0.3, 0.4) is 0 Å². The minimum Gasteiger partial charge on any atom is -0.391 e. The van der Waals surface area contributed by atoms with Gasteiger partial charge in [0, 0.05) is 25.7 Å². The van der Waals surface area contributed by atoms with Gasteiger partial charge in [-0.1, -0.05) is 12.5 Å². The number of anilines is 1. The molecule has 3 atom stereocenters. The summed E-state index contributed by atoms with van der Waals surface area (Å²) in [6, 6.07) is 2.56. The smallest absolute Gasteiger partial charge is 0.255 e. The van der Waals surface area contributed by atoms with Gasteiger partial charge in [-0.25, -0.2) is 14.1 Å². The van der Waals surface area contributed by atoms with Crippen LogP contribution in [0.25, 0.3) is 11.0 Å². The van der Waals surface area contributed by atoms with Gasteiger partial charge in [-0.2, -0.15) is 5.10 Å². The predicted molar refractivity (Wildman–Crippen MR) is 135 cm³/mol. The molecule has 11 heteroatoms. The Labute approximate surface area is 212 Å². The topological polar surface area (TPSA) is 131 Å². The van der Waals surface area contributed by atoms with Crippen LogP contribution in [0.5, 0.6) is 0 Å². The Morgan fingerprint density at radius 3 is 2.70 bits per heavy atom. The molecule has 5 rings (SSSR count). The fourth-order valence-corrected chi connectivity index (χ4v) is 5.02. The van der Waals surface area contributed by atoms with Crippen LogP contribution in [0.4, 0.5) is 10.2 Å². The summed E-state index contributed by atoms with van der Waals surface area (Å²) in [5, 5.41) is 17.7. The van der Waals surface area contributed by atoms with Gasteiger partial charge in [0.25, 0.3) is 5.91 Å². The minimum atomic E-state index is -0.779. The number of hydrogen-bond donors (Lipinski definition) is 3. The molecule has 1 aliphatic carbocycles. The lowest BCUT2D eigenvalue weighted by Crippen LogP contribution is -2.40. The molecule has 192 valence electrons. The number of benzene rings is 1. The monoisotopic (exact) mass is 505 g/mol. The predicted octanol–water partition coefficient (Wildman–Crippen LogP) is 1.96. The average molecular weight is 506 g/mol. The molecule has 1 aromatic carbocycles. The van der Waals surface area contributed by atoms with Crippen LogP contribution in [-0.2, 0) is 4.79 Å². The number of nitrogens with zero attached hydrogens (tertiary/aromatic N) is 5. The first kappa shape index (κ1) is 24.5. The van der Waals surface area contributed by atoms with Gasteiger partial charge in [0.05, 0.1) is 41.1 Å². The molecule has 3 heterocycles. The number of amides is 2. The third-order valence-electron chi connectivity index (χ3n) is 6.99. The quantitative estimate of drug-likeness (QED) is 0.347. The molecule has 4 N–H and O–H groups in total. The van der Waals surface area contributed by atoms with Crippen molar-refractivity contribution < 1.29 is 19.1 Å². The Bertz CT molecular complexity index is 1470. The summed E-state index contributed by atoms with van der Waals surface area (Å²) in [5.74, 6) is 4.38. The van der Waals surface area contributed by atoms with Crippen LogP contribution in [0.15, 0.2) is 31.1 Å². The number of likely N-dealkylation sites (tertiary alicyclic amines) is 1. The van der Waals surface area contributed by atoms with Crippen LogP contribution in [0.1, 0.15) is 59.9 Å². The number of primary amides is 1. The number of fused-ring (bicyclic) bond motifs is 1. The number of hydrogen-bond acceptors (Lipinski definition) is 6. The van der Waals surface area contributed by atoms with E-state index in [1.807, 2.05) is 4.57 Å². The molecule has 37 heavy (non-hydrogen) atoms. The maximum atomic E-state index is 14.9. The number of nitrogens with one attached hydrogen (secondary N) is 1. The Morgan fingerprint density at radius 2 is 2.08 bits per heavy atom. The van der Waals surface area contributed by atoms with Crippen LogP contribution in [0.2, 0.25) is 0 Å². The maximum Gasteiger partial charge on any atom is 0.255 e. The molecule has 2 amide bonds. The van der Waals surface area contributed by atoms with Gasteiger partial charge in [0.15, 0.2) is 5.69 Å². The molecular weight excluding hydrogens is 477 g/mol. The molecule has 0 unspecified atom stereocenters. The first-order valence-electron chi connectivity index (χ1n) is 12.1. The highest BCUT2D eigenvalue weighted by Crippen LogP contribution is 2.37. The van der Waals surface area contributed by atoms with Gasteiger partial charge in [-0.3, -0.25) is 9.59 Å². The van der Waals surface area contributed by atoms with E-state index in [0.29, 0.717) is 23.8 Å². The molecule has 1 saturated heterocycles. The second-order valence-corrected chi connectivity index (χ2v) is 9.48. The van der Waals surface area contributed by atoms with Gasteiger partial charge >= 0.3 is 0 Å². The largest absolute Gasteiger partial charge is 0.391 e. The highest BCUT2D eigenvalue weighted by atomic mass is 19.1. The van der Waals surface area contributed by atoms with Gasteiger partial charge in [0.2, 0.25) is 5.91 Å². The van der Waals surface area contributed by atoms with E-state index in [4.69, 9.17) is 5.73 Å². The summed E-state index contributed by atoms with van der Waals surface area (Å²) < 4.78 is 18.5. The third kappa shape index (κ3) is 4.34. The van der Waals surface area contributed by atoms with Crippen molar-refractivity contribution in [2.45, 2.75) is 50.4 Å². The number of nitrogens with two attached hydrogens (primary N) is 1. The normalized spacial score (nSPS) is 19.9. The van der Waals surface area contributed by atoms with Crippen molar-refractivity contribution in [1.29, 1.82) is 0 Å². The highest BCUT2D eigenvalue weighted by molar-refractivity contribution is 6.00. The van der Waals surface area contributed by atoms with Gasteiger partial charge in [-0.15, -0.1) is 0 Å². The standard InChI is InChI=1S/C26H28FN7O3/c1-4-23(36)32-12-17(10-21(32)14(2)35)34-26(29-3)24(25(28)37)19(31-34)8-5-15-9-20-22(11-18(15)27)33(13-30-20)16-6-7-16/h4,9,11,13-14,16-17,21,29,35H,1,6-7,10,12H2,2-3H3,(H2,28,37)/t14-,17+,21-/m1/s1. The molecule has 2 aromatic heterocycles. The molecule has 0 spiro atoms. The van der Waals surface area contributed by atoms with Crippen LogP contribution in [-0.4, -0.2) is 66.9 Å². The number of halogens is 1. The minimum absolute atomic E-state index is 0.0663. The second-order valence-electron chi connectivity index (χ2n) is 9.48. The van der Waals surface area contributed by atoms with E-state index in [2.05, 4.69) is 33.8 Å². The van der Waals surface area contributed by atoms with E-state index in [9.17, 15) is 19.1 Å². The summed E-state index contributed by atoms with van der Waals surface area (Å²) >= 11 is 0. The van der Waals surface area contributed by atoms with Crippen molar-refractivity contribution in [2.75, 3.05) is 18.9 Å². The number of carbonyl (C=O) groups is 2. The fourth-order valence-electron chi connectivity index (χ4n) is 5.02. The average Bonchev–Trinajstić information content (AvgIpc) is 3.31. The van der Waals surface area contributed by atoms with E-state index < -0.39 is 23.9 Å². The lowest BCUT2D eigenvalue weighted by atomic mass is 10.1. The molecule has 10 nitrogen and oxygen atoms in total. The summed E-state index contributed by atoms with van der Waals surface area (Å²) in [5.41, 5.74) is 7.32. The zero-order chi connectivity index (χ0) is 26.4. The Kier molecular flexibility index (Phi) is 6.21. The zero-order valence-corrected chi connectivity index (χ0v) is 20.6. The number of imidazole rings is 1. The van der Waals surface area contributed by atoms with Crippen molar-refractivity contribution in [2.24, 2.45) is 5.73 Å². The first-order chi connectivity index (χ1) is 17.7. The molecule has 2 fully saturated rings.